The third kappa shape index (κ3) is 0.774. The van der Waals surface area contributed by atoms with Gasteiger partial charge in [0.25, 0.3) is 0 Å². The van der Waals surface area contributed by atoms with Crippen molar-refractivity contribution in [1.82, 2.24) is 0 Å². The molecule has 1 saturated carbocycles. The molecule has 12 heavy (non-hydrogen) atoms. The molecule has 0 amide bonds. The Morgan fingerprint density at radius 1 is 1.17 bits per heavy atom. The number of rotatable bonds is 1. The Hall–Kier alpha value is -0.820. The molecule has 3 rings (SSSR count). The summed E-state index contributed by atoms with van der Waals surface area (Å²) in [6, 6.07) is 10.6. The summed E-state index contributed by atoms with van der Waals surface area (Å²) in [4.78, 5) is 0. The maximum atomic E-state index is 5.73. The third-order valence-corrected chi connectivity index (χ3v) is 3.08. The van der Waals surface area contributed by atoms with Crippen molar-refractivity contribution in [1.29, 1.82) is 0 Å². The molecule has 0 N–H and O–H groups in total. The van der Waals surface area contributed by atoms with Crippen LogP contribution in [0.15, 0.2) is 30.3 Å². The molecule has 1 heterocycles. The molecule has 1 heteroatoms. The molecule has 2 fully saturated rings. The lowest BCUT2D eigenvalue weighted by Crippen LogP contribution is -2.21. The molecule has 1 spiro atoms. The van der Waals surface area contributed by atoms with Gasteiger partial charge in [0.2, 0.25) is 0 Å². The second-order valence-electron chi connectivity index (χ2n) is 3.83. The van der Waals surface area contributed by atoms with Gasteiger partial charge in [-0.25, -0.2) is 0 Å². The van der Waals surface area contributed by atoms with Gasteiger partial charge in [-0.15, -0.1) is 0 Å². The second kappa shape index (κ2) is 2.11. The minimum absolute atomic E-state index is 0.293. The SMILES string of the molecule is c1ccc(C2OC23CCC3)cc1. The highest BCUT2D eigenvalue weighted by Crippen LogP contribution is 2.60. The number of epoxide rings is 1. The maximum Gasteiger partial charge on any atom is 0.112 e. The van der Waals surface area contributed by atoms with E-state index in [4.69, 9.17) is 4.74 Å². The normalized spacial score (nSPS) is 29.8. The van der Waals surface area contributed by atoms with Crippen LogP contribution in [-0.4, -0.2) is 5.60 Å². The first-order chi connectivity index (χ1) is 5.91. The molecule has 62 valence electrons. The molecule has 1 aliphatic heterocycles. The molecule has 1 nitrogen and oxygen atoms in total. The molecule has 0 aromatic heterocycles. The van der Waals surface area contributed by atoms with Crippen molar-refractivity contribution >= 4 is 0 Å². The first-order valence-corrected chi connectivity index (χ1v) is 4.63. The fourth-order valence-electron chi connectivity index (χ4n) is 2.11. The molecule has 0 radical (unpaired) electrons. The zero-order valence-electron chi connectivity index (χ0n) is 6.99. The van der Waals surface area contributed by atoms with E-state index in [9.17, 15) is 0 Å². The molecular weight excluding hydrogens is 148 g/mol. The largest absolute Gasteiger partial charge is 0.361 e. The first-order valence-electron chi connectivity index (χ1n) is 4.63. The number of ether oxygens (including phenoxy) is 1. The van der Waals surface area contributed by atoms with Gasteiger partial charge in [0.05, 0.1) is 5.60 Å². The van der Waals surface area contributed by atoms with Crippen LogP contribution in [0.2, 0.25) is 0 Å². The summed E-state index contributed by atoms with van der Waals surface area (Å²) in [5, 5.41) is 0. The molecule has 1 aliphatic carbocycles. The van der Waals surface area contributed by atoms with Crippen LogP contribution in [-0.2, 0) is 4.74 Å². The quantitative estimate of drug-likeness (QED) is 0.575. The fraction of sp³-hybridized carbons (Fsp3) is 0.455. The summed E-state index contributed by atoms with van der Waals surface area (Å²) in [7, 11) is 0. The summed E-state index contributed by atoms with van der Waals surface area (Å²) >= 11 is 0. The predicted octanol–water partition coefficient (Wildman–Crippen LogP) is 2.68. The molecule has 1 saturated heterocycles. The van der Waals surface area contributed by atoms with Gasteiger partial charge in [-0.1, -0.05) is 30.3 Å². The predicted molar refractivity (Wildman–Crippen MR) is 46.9 cm³/mol. The van der Waals surface area contributed by atoms with Crippen molar-refractivity contribution < 1.29 is 4.74 Å². The van der Waals surface area contributed by atoms with E-state index in [-0.39, 0.29) is 0 Å². The fourth-order valence-corrected chi connectivity index (χ4v) is 2.11. The molecule has 1 atom stereocenters. The summed E-state index contributed by atoms with van der Waals surface area (Å²) in [5.74, 6) is 0. The minimum atomic E-state index is 0.293. The van der Waals surface area contributed by atoms with E-state index in [1.54, 1.807) is 0 Å². The Morgan fingerprint density at radius 2 is 1.92 bits per heavy atom. The zero-order valence-corrected chi connectivity index (χ0v) is 6.99. The molecule has 0 bridgehead atoms. The van der Waals surface area contributed by atoms with Crippen LogP contribution in [0.4, 0.5) is 0 Å². The van der Waals surface area contributed by atoms with Crippen molar-refractivity contribution in [3.63, 3.8) is 0 Å². The van der Waals surface area contributed by atoms with Crippen molar-refractivity contribution in [2.24, 2.45) is 0 Å². The van der Waals surface area contributed by atoms with Crippen LogP contribution in [0, 0.1) is 0 Å². The molecule has 2 aliphatic rings. The molecule has 1 aromatic rings. The third-order valence-electron chi connectivity index (χ3n) is 3.08. The molecule has 1 unspecified atom stereocenters. The maximum absolute atomic E-state index is 5.73. The van der Waals surface area contributed by atoms with Gasteiger partial charge < -0.3 is 4.74 Å². The Kier molecular flexibility index (Phi) is 1.17. The van der Waals surface area contributed by atoms with Crippen molar-refractivity contribution in [2.45, 2.75) is 31.0 Å². The van der Waals surface area contributed by atoms with E-state index in [0.717, 1.165) is 0 Å². The van der Waals surface area contributed by atoms with Gasteiger partial charge in [-0.3, -0.25) is 0 Å². The van der Waals surface area contributed by atoms with Gasteiger partial charge in [0.1, 0.15) is 6.10 Å². The number of benzene rings is 1. The standard InChI is InChI=1S/C11H12O/c1-2-5-9(6-3-1)10-11(12-10)7-4-8-11/h1-3,5-6,10H,4,7-8H2. The van der Waals surface area contributed by atoms with Gasteiger partial charge in [-0.2, -0.15) is 0 Å². The van der Waals surface area contributed by atoms with Crippen LogP contribution >= 0.6 is 0 Å². The van der Waals surface area contributed by atoms with Crippen LogP contribution in [0.3, 0.4) is 0 Å². The van der Waals surface area contributed by atoms with Gasteiger partial charge >= 0.3 is 0 Å². The lowest BCUT2D eigenvalue weighted by atomic mass is 9.80. The smallest absolute Gasteiger partial charge is 0.112 e. The highest BCUT2D eigenvalue weighted by molar-refractivity contribution is 5.27. The van der Waals surface area contributed by atoms with Crippen LogP contribution < -0.4 is 0 Å². The lowest BCUT2D eigenvalue weighted by molar-refractivity contribution is 0.198. The van der Waals surface area contributed by atoms with E-state index in [2.05, 4.69) is 30.3 Å². The average molecular weight is 160 g/mol. The van der Waals surface area contributed by atoms with Crippen molar-refractivity contribution in [3.8, 4) is 0 Å². The number of hydrogen-bond donors (Lipinski definition) is 0. The van der Waals surface area contributed by atoms with Crippen molar-refractivity contribution in [2.75, 3.05) is 0 Å². The average Bonchev–Trinajstić information content (AvgIpc) is 2.80. The monoisotopic (exact) mass is 160 g/mol. The van der Waals surface area contributed by atoms with E-state index >= 15 is 0 Å². The summed E-state index contributed by atoms with van der Waals surface area (Å²) < 4.78 is 5.73. The Morgan fingerprint density at radius 3 is 2.42 bits per heavy atom. The van der Waals surface area contributed by atoms with Crippen LogP contribution in [0.5, 0.6) is 0 Å². The van der Waals surface area contributed by atoms with Gasteiger partial charge in [0.15, 0.2) is 0 Å². The second-order valence-corrected chi connectivity index (χ2v) is 3.83. The Balaban J connectivity index is 1.85. The molecule has 1 aromatic carbocycles. The topological polar surface area (TPSA) is 12.5 Å². The lowest BCUT2D eigenvalue weighted by Gasteiger charge is -2.21. The summed E-state index contributed by atoms with van der Waals surface area (Å²) in [6.45, 7) is 0. The van der Waals surface area contributed by atoms with E-state index in [1.807, 2.05) is 0 Å². The van der Waals surface area contributed by atoms with Crippen LogP contribution in [0.1, 0.15) is 30.9 Å². The number of hydrogen-bond acceptors (Lipinski definition) is 1. The van der Waals surface area contributed by atoms with Crippen molar-refractivity contribution in [3.05, 3.63) is 35.9 Å². The Labute approximate surface area is 72.4 Å². The molecular formula is C11H12O. The highest BCUT2D eigenvalue weighted by atomic mass is 16.6. The van der Waals surface area contributed by atoms with Gasteiger partial charge in [-0.05, 0) is 24.8 Å². The first kappa shape index (κ1) is 6.67. The zero-order chi connectivity index (χ0) is 8.02. The minimum Gasteiger partial charge on any atom is -0.361 e. The van der Waals surface area contributed by atoms with E-state index in [0.29, 0.717) is 11.7 Å². The highest BCUT2D eigenvalue weighted by Gasteiger charge is 2.60. The van der Waals surface area contributed by atoms with E-state index in [1.165, 1.54) is 24.8 Å². The van der Waals surface area contributed by atoms with Gasteiger partial charge in [0, 0.05) is 0 Å². The summed E-state index contributed by atoms with van der Waals surface area (Å²) in [6.07, 6.45) is 4.31. The van der Waals surface area contributed by atoms with Crippen LogP contribution in [0.25, 0.3) is 0 Å². The Bertz CT molecular complexity index is 287. The summed E-state index contributed by atoms with van der Waals surface area (Å²) in [5.41, 5.74) is 1.65. The van der Waals surface area contributed by atoms with E-state index < -0.39 is 0 Å².